The lowest BCUT2D eigenvalue weighted by Gasteiger charge is -2.38. The number of hydrogen-bond donors (Lipinski definition) is 0. The molecule has 8 heteroatoms. The van der Waals surface area contributed by atoms with Gasteiger partial charge in [0.05, 0.1) is 7.11 Å². The van der Waals surface area contributed by atoms with Crippen molar-refractivity contribution < 1.29 is 23.5 Å². The summed E-state index contributed by atoms with van der Waals surface area (Å²) in [7, 11) is 2.95. The van der Waals surface area contributed by atoms with E-state index in [4.69, 9.17) is 25.5 Å². The molecule has 1 aromatic heterocycles. The number of carbonyl (C=O) groups excluding carboxylic acids is 2. The minimum absolute atomic E-state index is 0.164. The van der Waals surface area contributed by atoms with E-state index in [0.717, 1.165) is 5.56 Å². The van der Waals surface area contributed by atoms with Gasteiger partial charge in [-0.25, -0.2) is 4.79 Å². The molecule has 7 nitrogen and oxygen atoms in total. The fourth-order valence-electron chi connectivity index (χ4n) is 3.30. The van der Waals surface area contributed by atoms with Gasteiger partial charge in [-0.1, -0.05) is 23.7 Å². The molecule has 0 radical (unpaired) electrons. The Kier molecular flexibility index (Phi) is 6.72. The number of piperazine rings is 1. The highest BCUT2D eigenvalue weighted by Crippen LogP contribution is 2.25. The second-order valence-corrected chi connectivity index (χ2v) is 6.94. The van der Waals surface area contributed by atoms with Gasteiger partial charge in [-0.2, -0.15) is 0 Å². The van der Waals surface area contributed by atoms with E-state index in [1.54, 1.807) is 36.3 Å². The first-order chi connectivity index (χ1) is 13.5. The predicted molar refractivity (Wildman–Crippen MR) is 103 cm³/mol. The molecule has 1 aliphatic rings. The second-order valence-electron chi connectivity index (χ2n) is 6.50. The Morgan fingerprint density at radius 3 is 2.36 bits per heavy atom. The molecule has 0 bridgehead atoms. The molecule has 0 N–H and O–H groups in total. The van der Waals surface area contributed by atoms with E-state index in [-0.39, 0.29) is 11.9 Å². The topological polar surface area (TPSA) is 72.2 Å². The van der Waals surface area contributed by atoms with Gasteiger partial charge in [0.1, 0.15) is 18.4 Å². The Labute approximate surface area is 168 Å². The van der Waals surface area contributed by atoms with Crippen LogP contribution >= 0.6 is 11.6 Å². The first-order valence-electron chi connectivity index (χ1n) is 8.97. The molecule has 1 unspecified atom stereocenters. The summed E-state index contributed by atoms with van der Waals surface area (Å²) in [5, 5.41) is 0.606. The number of nitrogens with zero attached hydrogens (tertiary/aromatic N) is 2. The quantitative estimate of drug-likeness (QED) is 0.687. The fraction of sp³-hybridized carbons (Fsp3) is 0.400. The van der Waals surface area contributed by atoms with Gasteiger partial charge in [-0.3, -0.25) is 9.69 Å². The van der Waals surface area contributed by atoms with Crippen molar-refractivity contribution in [1.29, 1.82) is 0 Å². The number of rotatable bonds is 6. The van der Waals surface area contributed by atoms with E-state index < -0.39 is 6.04 Å². The van der Waals surface area contributed by atoms with Crippen LogP contribution in [0, 0.1) is 0 Å². The van der Waals surface area contributed by atoms with Crippen LogP contribution in [0.3, 0.4) is 0 Å². The van der Waals surface area contributed by atoms with Crippen molar-refractivity contribution in [2.45, 2.75) is 12.6 Å². The van der Waals surface area contributed by atoms with E-state index in [1.165, 1.54) is 7.11 Å². The van der Waals surface area contributed by atoms with Crippen molar-refractivity contribution >= 4 is 23.5 Å². The number of ether oxygens (including phenoxy) is 2. The van der Waals surface area contributed by atoms with Gasteiger partial charge in [-0.15, -0.1) is 0 Å². The molecule has 1 atom stereocenters. The zero-order valence-corrected chi connectivity index (χ0v) is 16.6. The molecule has 150 valence electrons. The fourth-order valence-corrected chi connectivity index (χ4v) is 3.43. The third-order valence-electron chi connectivity index (χ3n) is 4.74. The van der Waals surface area contributed by atoms with Crippen LogP contribution in [0.5, 0.6) is 0 Å². The number of esters is 1. The van der Waals surface area contributed by atoms with Crippen LogP contribution in [-0.2, 0) is 20.9 Å². The van der Waals surface area contributed by atoms with Gasteiger partial charge in [0.2, 0.25) is 0 Å². The summed E-state index contributed by atoms with van der Waals surface area (Å²) in [6.45, 7) is 2.38. The summed E-state index contributed by atoms with van der Waals surface area (Å²) < 4.78 is 15.5. The maximum atomic E-state index is 12.7. The average molecular weight is 407 g/mol. The summed E-state index contributed by atoms with van der Waals surface area (Å²) in [5.74, 6) is 0.404. The van der Waals surface area contributed by atoms with Crippen molar-refractivity contribution in [2.75, 3.05) is 40.4 Å². The van der Waals surface area contributed by atoms with E-state index in [0.29, 0.717) is 49.3 Å². The largest absolute Gasteiger partial charge is 0.468 e. The number of benzene rings is 1. The number of methoxy groups -OCH3 is 2. The summed E-state index contributed by atoms with van der Waals surface area (Å²) in [6, 6.07) is 10.0. The van der Waals surface area contributed by atoms with E-state index >= 15 is 0 Å². The van der Waals surface area contributed by atoms with Gasteiger partial charge >= 0.3 is 5.97 Å². The number of carbonyl (C=O) groups is 2. The highest BCUT2D eigenvalue weighted by Gasteiger charge is 2.33. The van der Waals surface area contributed by atoms with E-state index in [1.807, 2.05) is 17.0 Å². The average Bonchev–Trinajstić information content (AvgIpc) is 3.18. The lowest BCUT2D eigenvalue weighted by atomic mass is 10.0. The Morgan fingerprint density at radius 1 is 1.07 bits per heavy atom. The Morgan fingerprint density at radius 2 is 1.75 bits per heavy atom. The standard InChI is InChI=1S/C20H23ClN2O5/c1-26-13-16-7-8-17(28-16)19(24)23-11-9-22(10-12-23)18(20(25)27-2)14-3-5-15(21)6-4-14/h3-8,18H,9-13H2,1-2H3. The Balaban J connectivity index is 1.67. The lowest BCUT2D eigenvalue weighted by Crippen LogP contribution is -2.51. The third kappa shape index (κ3) is 4.55. The van der Waals surface area contributed by atoms with Crippen LogP contribution < -0.4 is 0 Å². The SMILES string of the molecule is COCc1ccc(C(=O)N2CCN(C(C(=O)OC)c3ccc(Cl)cc3)CC2)o1. The molecule has 1 aromatic carbocycles. The van der Waals surface area contributed by atoms with Crippen LogP contribution in [0.4, 0.5) is 0 Å². The summed E-state index contributed by atoms with van der Waals surface area (Å²) in [5.41, 5.74) is 0.811. The first-order valence-corrected chi connectivity index (χ1v) is 9.35. The molecule has 0 spiro atoms. The van der Waals surface area contributed by atoms with Crippen LogP contribution in [-0.4, -0.2) is 62.1 Å². The van der Waals surface area contributed by atoms with Crippen LogP contribution in [0.15, 0.2) is 40.8 Å². The minimum atomic E-state index is -0.531. The molecule has 28 heavy (non-hydrogen) atoms. The van der Waals surface area contributed by atoms with Gasteiger partial charge in [0.15, 0.2) is 5.76 Å². The lowest BCUT2D eigenvalue weighted by molar-refractivity contribution is -0.148. The summed E-state index contributed by atoms with van der Waals surface area (Å²) >= 11 is 5.96. The molecule has 1 saturated heterocycles. The van der Waals surface area contributed by atoms with Crippen molar-refractivity contribution in [3.63, 3.8) is 0 Å². The number of hydrogen-bond acceptors (Lipinski definition) is 6. The van der Waals surface area contributed by atoms with E-state index in [9.17, 15) is 9.59 Å². The molecule has 0 aliphatic carbocycles. The summed E-state index contributed by atoms with van der Waals surface area (Å²) in [6.07, 6.45) is 0. The van der Waals surface area contributed by atoms with Crippen LogP contribution in [0.2, 0.25) is 5.02 Å². The monoisotopic (exact) mass is 406 g/mol. The number of furan rings is 1. The molecule has 2 aromatic rings. The zero-order valence-electron chi connectivity index (χ0n) is 15.9. The predicted octanol–water partition coefficient (Wildman–Crippen LogP) is 2.75. The second kappa shape index (κ2) is 9.23. The van der Waals surface area contributed by atoms with Crippen molar-refractivity contribution in [3.05, 3.63) is 58.5 Å². The van der Waals surface area contributed by atoms with Gasteiger partial charge < -0.3 is 18.8 Å². The van der Waals surface area contributed by atoms with E-state index in [2.05, 4.69) is 0 Å². The maximum Gasteiger partial charge on any atom is 0.327 e. The van der Waals surface area contributed by atoms with Gasteiger partial charge in [-0.05, 0) is 29.8 Å². The van der Waals surface area contributed by atoms with Gasteiger partial charge in [0.25, 0.3) is 5.91 Å². The molecular weight excluding hydrogens is 384 g/mol. The Bertz CT molecular complexity index is 812. The molecule has 0 saturated carbocycles. The van der Waals surface area contributed by atoms with Crippen LogP contribution in [0.25, 0.3) is 0 Å². The van der Waals surface area contributed by atoms with Crippen molar-refractivity contribution in [1.82, 2.24) is 9.80 Å². The zero-order chi connectivity index (χ0) is 20.1. The minimum Gasteiger partial charge on any atom is -0.468 e. The normalized spacial score (nSPS) is 16.0. The highest BCUT2D eigenvalue weighted by atomic mass is 35.5. The smallest absolute Gasteiger partial charge is 0.327 e. The number of amides is 1. The number of halogens is 1. The van der Waals surface area contributed by atoms with Crippen LogP contribution in [0.1, 0.15) is 27.9 Å². The highest BCUT2D eigenvalue weighted by molar-refractivity contribution is 6.30. The van der Waals surface area contributed by atoms with Crippen molar-refractivity contribution in [3.8, 4) is 0 Å². The molecule has 1 aliphatic heterocycles. The molecular formula is C20H23ClN2O5. The Hall–Kier alpha value is -2.35. The first kappa shape index (κ1) is 20.4. The third-order valence-corrected chi connectivity index (χ3v) is 4.99. The molecule has 2 heterocycles. The van der Waals surface area contributed by atoms with Crippen molar-refractivity contribution in [2.24, 2.45) is 0 Å². The maximum absolute atomic E-state index is 12.7. The molecule has 1 amide bonds. The van der Waals surface area contributed by atoms with Gasteiger partial charge in [0, 0.05) is 38.3 Å². The summed E-state index contributed by atoms with van der Waals surface area (Å²) in [4.78, 5) is 28.8. The molecule has 1 fully saturated rings. The molecule has 3 rings (SSSR count).